The summed E-state index contributed by atoms with van der Waals surface area (Å²) in [4.78, 5) is 0. The van der Waals surface area contributed by atoms with Gasteiger partial charge in [-0.3, -0.25) is 0 Å². The van der Waals surface area contributed by atoms with E-state index in [1.54, 1.807) is 0 Å². The predicted octanol–water partition coefficient (Wildman–Crippen LogP) is 2.55. The molecule has 3 nitrogen and oxygen atoms in total. The van der Waals surface area contributed by atoms with Crippen LogP contribution < -0.4 is 5.32 Å². The van der Waals surface area contributed by atoms with Crippen molar-refractivity contribution < 1.29 is 0 Å². The van der Waals surface area contributed by atoms with E-state index in [1.807, 2.05) is 12.3 Å². The molecule has 14 heavy (non-hydrogen) atoms. The van der Waals surface area contributed by atoms with Crippen molar-refractivity contribution in [3.63, 3.8) is 0 Å². The number of allylic oxidation sites excluding steroid dienone is 1. The second kappa shape index (κ2) is 6.68. The van der Waals surface area contributed by atoms with E-state index in [2.05, 4.69) is 27.6 Å². The summed E-state index contributed by atoms with van der Waals surface area (Å²) >= 11 is 1.27. The summed E-state index contributed by atoms with van der Waals surface area (Å²) in [5.74, 6) is 0. The van der Waals surface area contributed by atoms with Crippen molar-refractivity contribution in [1.29, 1.82) is 0 Å². The maximum absolute atomic E-state index is 4.26. The molecular weight excluding hydrogens is 194 g/mol. The SMILES string of the molecule is C=CCCC(NCCC)c1cnsn1. The number of nitrogens with one attached hydrogen (secondary N) is 1. The third-order valence-electron chi connectivity index (χ3n) is 2.04. The summed E-state index contributed by atoms with van der Waals surface area (Å²) in [6.45, 7) is 6.92. The zero-order valence-electron chi connectivity index (χ0n) is 8.57. The van der Waals surface area contributed by atoms with Gasteiger partial charge in [0.2, 0.25) is 0 Å². The average Bonchev–Trinajstić information content (AvgIpc) is 2.71. The van der Waals surface area contributed by atoms with Crippen LogP contribution in [0.15, 0.2) is 18.9 Å². The Morgan fingerprint density at radius 3 is 3.14 bits per heavy atom. The van der Waals surface area contributed by atoms with Crippen LogP contribution in [0.3, 0.4) is 0 Å². The topological polar surface area (TPSA) is 37.8 Å². The molecule has 0 aromatic carbocycles. The van der Waals surface area contributed by atoms with Crippen molar-refractivity contribution in [1.82, 2.24) is 14.1 Å². The van der Waals surface area contributed by atoms with Gasteiger partial charge in [0.1, 0.15) is 0 Å². The average molecular weight is 211 g/mol. The molecule has 1 unspecified atom stereocenters. The third-order valence-corrected chi connectivity index (χ3v) is 2.53. The van der Waals surface area contributed by atoms with Crippen LogP contribution in [-0.2, 0) is 0 Å². The van der Waals surface area contributed by atoms with Crippen LogP contribution in [0.2, 0.25) is 0 Å². The lowest BCUT2D eigenvalue weighted by Crippen LogP contribution is -2.22. The Morgan fingerprint density at radius 2 is 2.57 bits per heavy atom. The van der Waals surface area contributed by atoms with Crippen LogP contribution in [0.5, 0.6) is 0 Å². The number of nitrogens with zero attached hydrogens (tertiary/aromatic N) is 2. The van der Waals surface area contributed by atoms with Gasteiger partial charge in [-0.15, -0.1) is 6.58 Å². The first-order valence-corrected chi connectivity index (χ1v) is 5.73. The first kappa shape index (κ1) is 11.3. The normalized spacial score (nSPS) is 12.6. The number of hydrogen-bond acceptors (Lipinski definition) is 4. The minimum absolute atomic E-state index is 0.340. The van der Waals surface area contributed by atoms with Crippen LogP contribution in [0, 0.1) is 0 Å². The van der Waals surface area contributed by atoms with E-state index >= 15 is 0 Å². The van der Waals surface area contributed by atoms with E-state index in [0.717, 1.165) is 31.5 Å². The molecule has 0 aliphatic carbocycles. The fraction of sp³-hybridized carbons (Fsp3) is 0.600. The molecule has 1 aromatic heterocycles. The van der Waals surface area contributed by atoms with Crippen molar-refractivity contribution in [3.05, 3.63) is 24.5 Å². The van der Waals surface area contributed by atoms with Crippen LogP contribution in [-0.4, -0.2) is 15.3 Å². The minimum Gasteiger partial charge on any atom is -0.309 e. The van der Waals surface area contributed by atoms with Crippen molar-refractivity contribution in [3.8, 4) is 0 Å². The van der Waals surface area contributed by atoms with Gasteiger partial charge in [-0.25, -0.2) is 0 Å². The fourth-order valence-electron chi connectivity index (χ4n) is 1.28. The Kier molecular flexibility index (Phi) is 5.40. The van der Waals surface area contributed by atoms with Gasteiger partial charge in [-0.1, -0.05) is 13.0 Å². The van der Waals surface area contributed by atoms with Crippen LogP contribution in [0.4, 0.5) is 0 Å². The second-order valence-electron chi connectivity index (χ2n) is 3.21. The smallest absolute Gasteiger partial charge is 0.0912 e. The maximum Gasteiger partial charge on any atom is 0.0912 e. The van der Waals surface area contributed by atoms with E-state index in [4.69, 9.17) is 0 Å². The zero-order chi connectivity index (χ0) is 10.2. The van der Waals surface area contributed by atoms with Crippen molar-refractivity contribution >= 4 is 11.7 Å². The van der Waals surface area contributed by atoms with E-state index in [-0.39, 0.29) is 0 Å². The van der Waals surface area contributed by atoms with Gasteiger partial charge in [0.15, 0.2) is 0 Å². The molecule has 1 heterocycles. The molecule has 0 aliphatic heterocycles. The zero-order valence-corrected chi connectivity index (χ0v) is 9.39. The van der Waals surface area contributed by atoms with Crippen LogP contribution in [0.1, 0.15) is 37.9 Å². The van der Waals surface area contributed by atoms with E-state index in [0.29, 0.717) is 6.04 Å². The molecule has 0 aliphatic rings. The van der Waals surface area contributed by atoms with Gasteiger partial charge in [0.25, 0.3) is 0 Å². The summed E-state index contributed by atoms with van der Waals surface area (Å²) in [5.41, 5.74) is 1.06. The summed E-state index contributed by atoms with van der Waals surface area (Å²) in [6.07, 6.45) is 7.00. The summed E-state index contributed by atoms with van der Waals surface area (Å²) in [5, 5.41) is 3.46. The largest absolute Gasteiger partial charge is 0.309 e. The fourth-order valence-corrected chi connectivity index (χ4v) is 1.75. The Hall–Kier alpha value is -0.740. The van der Waals surface area contributed by atoms with Crippen molar-refractivity contribution in [2.45, 2.75) is 32.2 Å². The molecule has 0 bridgehead atoms. The molecule has 0 amide bonds. The Bertz CT molecular complexity index is 246. The summed E-state index contributed by atoms with van der Waals surface area (Å²) < 4.78 is 8.28. The van der Waals surface area contributed by atoms with E-state index < -0.39 is 0 Å². The Morgan fingerprint density at radius 1 is 1.71 bits per heavy atom. The molecule has 4 heteroatoms. The summed E-state index contributed by atoms with van der Waals surface area (Å²) in [6, 6.07) is 0.340. The quantitative estimate of drug-likeness (QED) is 0.704. The second-order valence-corrected chi connectivity index (χ2v) is 3.76. The van der Waals surface area contributed by atoms with Gasteiger partial charge in [-0.05, 0) is 25.8 Å². The molecule has 0 saturated heterocycles. The third kappa shape index (κ3) is 3.55. The lowest BCUT2D eigenvalue weighted by atomic mass is 10.1. The highest BCUT2D eigenvalue weighted by Gasteiger charge is 2.11. The Balaban J connectivity index is 2.48. The Labute approximate surface area is 89.6 Å². The summed E-state index contributed by atoms with van der Waals surface area (Å²) in [7, 11) is 0. The highest BCUT2D eigenvalue weighted by Crippen LogP contribution is 2.16. The number of hydrogen-bond donors (Lipinski definition) is 1. The molecule has 1 rings (SSSR count). The first-order chi connectivity index (χ1) is 6.88. The lowest BCUT2D eigenvalue weighted by molar-refractivity contribution is 0.495. The molecule has 78 valence electrons. The van der Waals surface area contributed by atoms with E-state index in [9.17, 15) is 0 Å². The van der Waals surface area contributed by atoms with Crippen molar-refractivity contribution in [2.24, 2.45) is 0 Å². The van der Waals surface area contributed by atoms with Gasteiger partial charge >= 0.3 is 0 Å². The van der Waals surface area contributed by atoms with Crippen molar-refractivity contribution in [2.75, 3.05) is 6.54 Å². The minimum atomic E-state index is 0.340. The van der Waals surface area contributed by atoms with Crippen LogP contribution in [0.25, 0.3) is 0 Å². The van der Waals surface area contributed by atoms with E-state index in [1.165, 1.54) is 11.7 Å². The molecule has 1 N–H and O–H groups in total. The first-order valence-electron chi connectivity index (χ1n) is 5.00. The molecule has 0 fully saturated rings. The monoisotopic (exact) mass is 211 g/mol. The highest BCUT2D eigenvalue weighted by atomic mass is 32.1. The van der Waals surface area contributed by atoms with Crippen LogP contribution >= 0.6 is 11.7 Å². The molecule has 0 radical (unpaired) electrons. The predicted molar refractivity (Wildman–Crippen MR) is 60.4 cm³/mol. The standard InChI is InChI=1S/C10H17N3S/c1-3-5-6-9(11-7-4-2)10-8-12-14-13-10/h3,8-9,11H,1,4-7H2,2H3. The van der Waals surface area contributed by atoms with Gasteiger partial charge in [0.05, 0.1) is 29.7 Å². The molecule has 1 atom stereocenters. The molecular formula is C10H17N3S. The van der Waals surface area contributed by atoms with Gasteiger partial charge in [-0.2, -0.15) is 8.75 Å². The number of rotatable bonds is 7. The maximum atomic E-state index is 4.26. The molecule has 0 saturated carbocycles. The number of aromatic nitrogens is 2. The highest BCUT2D eigenvalue weighted by molar-refractivity contribution is 6.99. The van der Waals surface area contributed by atoms with Gasteiger partial charge < -0.3 is 5.32 Å². The lowest BCUT2D eigenvalue weighted by Gasteiger charge is -2.14. The molecule has 1 aromatic rings. The molecule has 0 spiro atoms. The van der Waals surface area contributed by atoms with Gasteiger partial charge in [0, 0.05) is 0 Å².